The minimum atomic E-state index is -0.723. The Morgan fingerprint density at radius 2 is 2.00 bits per heavy atom. The first kappa shape index (κ1) is 8.10. The highest BCUT2D eigenvalue weighted by atomic mass is 16.3. The maximum Gasteiger partial charge on any atom is 0.0913 e. The van der Waals surface area contributed by atoms with Crippen molar-refractivity contribution in [3.63, 3.8) is 0 Å². The van der Waals surface area contributed by atoms with Crippen LogP contribution in [0.5, 0.6) is 0 Å². The zero-order chi connectivity index (χ0) is 8.98. The quantitative estimate of drug-likeness (QED) is 0.600. The molecular formula is C10H14O2. The van der Waals surface area contributed by atoms with E-state index in [1.807, 2.05) is 0 Å². The van der Waals surface area contributed by atoms with Crippen LogP contribution in [0.2, 0.25) is 0 Å². The third-order valence-electron chi connectivity index (χ3n) is 3.62. The molecule has 66 valence electrons. The van der Waals surface area contributed by atoms with Gasteiger partial charge in [0, 0.05) is 11.8 Å². The molecule has 0 radical (unpaired) electrons. The minimum absolute atomic E-state index is 0.0449. The number of hydrogen-bond donors (Lipinski definition) is 2. The summed E-state index contributed by atoms with van der Waals surface area (Å²) in [4.78, 5) is 0. The van der Waals surface area contributed by atoms with E-state index in [0.29, 0.717) is 5.41 Å². The summed E-state index contributed by atoms with van der Waals surface area (Å²) >= 11 is 0. The van der Waals surface area contributed by atoms with Crippen molar-refractivity contribution < 1.29 is 10.2 Å². The van der Waals surface area contributed by atoms with E-state index >= 15 is 0 Å². The summed E-state index contributed by atoms with van der Waals surface area (Å²) in [5.41, 5.74) is 0.380. The number of aliphatic hydroxyl groups excluding tert-OH is 2. The summed E-state index contributed by atoms with van der Waals surface area (Å²) in [6, 6.07) is 0. The predicted octanol–water partition coefficient (Wildman–Crippen LogP) is 0.532. The van der Waals surface area contributed by atoms with E-state index in [2.05, 4.69) is 12.8 Å². The van der Waals surface area contributed by atoms with E-state index < -0.39 is 12.2 Å². The second-order valence-corrected chi connectivity index (χ2v) is 4.49. The maximum atomic E-state index is 9.71. The topological polar surface area (TPSA) is 40.5 Å². The summed E-state index contributed by atoms with van der Waals surface area (Å²) in [5, 5.41) is 19.2. The molecule has 2 aliphatic carbocycles. The Morgan fingerprint density at radius 1 is 1.50 bits per heavy atom. The summed E-state index contributed by atoms with van der Waals surface area (Å²) in [6.45, 7) is 2.15. The van der Waals surface area contributed by atoms with E-state index in [4.69, 9.17) is 6.42 Å². The van der Waals surface area contributed by atoms with Gasteiger partial charge in [-0.2, -0.15) is 0 Å². The first-order chi connectivity index (χ1) is 5.56. The lowest BCUT2D eigenvalue weighted by Crippen LogP contribution is -2.30. The highest BCUT2D eigenvalue weighted by Gasteiger charge is 2.83. The smallest absolute Gasteiger partial charge is 0.0913 e. The Morgan fingerprint density at radius 3 is 2.33 bits per heavy atom. The van der Waals surface area contributed by atoms with Crippen LogP contribution in [0.15, 0.2) is 0 Å². The minimum Gasteiger partial charge on any atom is -0.390 e. The van der Waals surface area contributed by atoms with Crippen molar-refractivity contribution in [1.82, 2.24) is 0 Å². The Hall–Kier alpha value is -0.520. The molecule has 0 aromatic rings. The van der Waals surface area contributed by atoms with Crippen molar-refractivity contribution in [2.45, 2.75) is 38.4 Å². The molecule has 2 rings (SSSR count). The highest BCUT2D eigenvalue weighted by Crippen LogP contribution is 2.87. The second kappa shape index (κ2) is 2.04. The molecule has 2 saturated carbocycles. The lowest BCUT2D eigenvalue weighted by Gasteiger charge is -2.17. The average molecular weight is 166 g/mol. The lowest BCUT2D eigenvalue weighted by atomic mass is 10.0. The Balaban J connectivity index is 1.95. The van der Waals surface area contributed by atoms with Gasteiger partial charge in [0.05, 0.1) is 12.2 Å². The van der Waals surface area contributed by atoms with Crippen molar-refractivity contribution in [2.24, 2.45) is 10.8 Å². The van der Waals surface area contributed by atoms with Gasteiger partial charge in [-0.15, -0.1) is 12.3 Å². The van der Waals surface area contributed by atoms with Crippen molar-refractivity contribution >= 4 is 0 Å². The molecule has 0 spiro atoms. The fraction of sp³-hybridized carbons (Fsp3) is 0.800. The molecule has 2 N–H and O–H groups in total. The monoisotopic (exact) mass is 166 g/mol. The van der Waals surface area contributed by atoms with Crippen molar-refractivity contribution in [2.75, 3.05) is 0 Å². The summed E-state index contributed by atoms with van der Waals surface area (Å²) < 4.78 is 0. The van der Waals surface area contributed by atoms with Crippen LogP contribution in [0.1, 0.15) is 26.2 Å². The number of rotatable bonds is 3. The van der Waals surface area contributed by atoms with Gasteiger partial charge in [0.1, 0.15) is 0 Å². The zero-order valence-electron chi connectivity index (χ0n) is 7.25. The molecule has 0 aromatic carbocycles. The van der Waals surface area contributed by atoms with E-state index in [1.54, 1.807) is 0 Å². The van der Waals surface area contributed by atoms with Gasteiger partial charge in [0.25, 0.3) is 0 Å². The molecule has 0 amide bonds. The van der Waals surface area contributed by atoms with Crippen molar-refractivity contribution in [1.29, 1.82) is 0 Å². The van der Waals surface area contributed by atoms with Gasteiger partial charge in [-0.05, 0) is 18.3 Å². The van der Waals surface area contributed by atoms with Gasteiger partial charge in [0.15, 0.2) is 0 Å². The molecule has 12 heavy (non-hydrogen) atoms. The van der Waals surface area contributed by atoms with Gasteiger partial charge >= 0.3 is 0 Å². The van der Waals surface area contributed by atoms with Crippen LogP contribution in [-0.4, -0.2) is 22.4 Å². The molecule has 0 saturated heterocycles. The van der Waals surface area contributed by atoms with Gasteiger partial charge in [-0.3, -0.25) is 0 Å². The summed E-state index contributed by atoms with van der Waals surface area (Å²) in [5.74, 6) is 2.37. The Bertz CT molecular complexity index is 245. The molecule has 2 heteroatoms. The maximum absolute atomic E-state index is 9.71. The van der Waals surface area contributed by atoms with Crippen LogP contribution in [0.4, 0.5) is 0 Å². The molecule has 2 unspecified atom stereocenters. The first-order valence-corrected chi connectivity index (χ1v) is 4.35. The Kier molecular flexibility index (Phi) is 1.38. The largest absolute Gasteiger partial charge is 0.390 e. The van der Waals surface area contributed by atoms with Crippen LogP contribution in [0, 0.1) is 23.2 Å². The molecule has 0 aliphatic heterocycles. The van der Waals surface area contributed by atoms with E-state index in [0.717, 1.165) is 12.8 Å². The van der Waals surface area contributed by atoms with Gasteiger partial charge in [-0.1, -0.05) is 6.92 Å². The molecule has 0 heterocycles. The lowest BCUT2D eigenvalue weighted by molar-refractivity contribution is -0.00718. The summed E-state index contributed by atoms with van der Waals surface area (Å²) in [7, 11) is 0. The molecule has 2 aliphatic rings. The second-order valence-electron chi connectivity index (χ2n) is 4.49. The van der Waals surface area contributed by atoms with Crippen LogP contribution >= 0.6 is 0 Å². The van der Waals surface area contributed by atoms with E-state index in [9.17, 15) is 10.2 Å². The highest BCUT2D eigenvalue weighted by molar-refractivity contribution is 5.32. The van der Waals surface area contributed by atoms with Crippen LogP contribution in [0.3, 0.4) is 0 Å². The zero-order valence-corrected chi connectivity index (χ0v) is 7.25. The third kappa shape index (κ3) is 0.784. The third-order valence-corrected chi connectivity index (χ3v) is 3.62. The molecule has 2 atom stereocenters. The fourth-order valence-electron chi connectivity index (χ4n) is 2.42. The van der Waals surface area contributed by atoms with E-state index in [1.165, 1.54) is 0 Å². The van der Waals surface area contributed by atoms with E-state index in [-0.39, 0.29) is 11.8 Å². The Labute approximate surface area is 72.6 Å². The van der Waals surface area contributed by atoms with Crippen LogP contribution < -0.4 is 0 Å². The number of terminal acetylenes is 1. The van der Waals surface area contributed by atoms with Crippen LogP contribution in [0.25, 0.3) is 0 Å². The normalized spacial score (nSPS) is 47.2. The number of fused-ring (bicyclic) bond motifs is 1. The molecule has 2 nitrogen and oxygen atoms in total. The van der Waals surface area contributed by atoms with Crippen molar-refractivity contribution in [3.8, 4) is 12.3 Å². The number of hydrogen-bond acceptors (Lipinski definition) is 2. The number of aliphatic hydroxyl groups is 2. The van der Waals surface area contributed by atoms with Gasteiger partial charge < -0.3 is 10.2 Å². The molecule has 2 fully saturated rings. The van der Waals surface area contributed by atoms with Crippen LogP contribution in [-0.2, 0) is 0 Å². The summed E-state index contributed by atoms with van der Waals surface area (Å²) in [6.07, 6.45) is 6.11. The average Bonchev–Trinajstić information content (AvgIpc) is 2.73. The SMILES string of the molecule is C#CCC(O)C(O)C12CC1(C)C2. The van der Waals surface area contributed by atoms with Crippen molar-refractivity contribution in [3.05, 3.63) is 0 Å². The standard InChI is InChI=1S/C10H14O2/c1-3-4-7(11)8(12)10-5-9(10,2)6-10/h1,7-8,11-12H,4-6H2,2H3. The van der Waals surface area contributed by atoms with Gasteiger partial charge in [-0.25, -0.2) is 0 Å². The predicted molar refractivity (Wildman–Crippen MR) is 45.2 cm³/mol. The molecule has 0 aromatic heterocycles. The fourth-order valence-corrected chi connectivity index (χ4v) is 2.42. The molecule has 0 bridgehead atoms. The first-order valence-electron chi connectivity index (χ1n) is 4.35. The molecular weight excluding hydrogens is 152 g/mol. The van der Waals surface area contributed by atoms with Gasteiger partial charge in [0.2, 0.25) is 0 Å².